The van der Waals surface area contributed by atoms with Crippen molar-refractivity contribution in [3.8, 4) is 0 Å². The molecular weight excluding hydrogens is 336 g/mol. The lowest BCUT2D eigenvalue weighted by atomic mass is 10.2. The zero-order valence-corrected chi connectivity index (χ0v) is 15.6. The van der Waals surface area contributed by atoms with E-state index in [-0.39, 0.29) is 18.0 Å². The van der Waals surface area contributed by atoms with Gasteiger partial charge in [-0.15, -0.1) is 0 Å². The van der Waals surface area contributed by atoms with Gasteiger partial charge in [-0.25, -0.2) is 4.79 Å². The van der Waals surface area contributed by atoms with Crippen LogP contribution in [0.5, 0.6) is 0 Å². The smallest absolute Gasteiger partial charge is 0.318 e. The molecule has 3 amide bonds. The molecule has 1 atom stereocenters. The predicted octanol–water partition coefficient (Wildman–Crippen LogP) is 0.643. The average molecular weight is 364 g/mol. The van der Waals surface area contributed by atoms with Crippen molar-refractivity contribution in [2.75, 3.05) is 46.3 Å². The van der Waals surface area contributed by atoms with Crippen molar-refractivity contribution in [1.29, 1.82) is 0 Å². The molecule has 0 aliphatic carbocycles. The molecule has 9 heteroatoms. The summed E-state index contributed by atoms with van der Waals surface area (Å²) in [5.41, 5.74) is 0. The Kier molecular flexibility index (Phi) is 6.08. The molecule has 1 unspecified atom stereocenters. The Morgan fingerprint density at radius 2 is 2.00 bits per heavy atom. The monoisotopic (exact) mass is 364 g/mol. The van der Waals surface area contributed by atoms with Crippen molar-refractivity contribution in [3.05, 3.63) is 11.7 Å². The van der Waals surface area contributed by atoms with Gasteiger partial charge in [0.05, 0.1) is 6.04 Å². The summed E-state index contributed by atoms with van der Waals surface area (Å²) in [5, 5.41) is 6.87. The lowest BCUT2D eigenvalue weighted by Gasteiger charge is -2.32. The van der Waals surface area contributed by atoms with E-state index in [1.165, 1.54) is 0 Å². The van der Waals surface area contributed by atoms with Gasteiger partial charge in [-0.3, -0.25) is 4.79 Å². The number of aromatic nitrogens is 2. The van der Waals surface area contributed by atoms with Crippen LogP contribution in [0.2, 0.25) is 0 Å². The molecule has 3 heterocycles. The summed E-state index contributed by atoms with van der Waals surface area (Å²) in [6.45, 7) is 6.55. The number of aryl methyl sites for hydroxylation is 1. The minimum atomic E-state index is -0.146. The van der Waals surface area contributed by atoms with Gasteiger partial charge in [-0.2, -0.15) is 4.98 Å². The van der Waals surface area contributed by atoms with Crippen molar-refractivity contribution in [2.24, 2.45) is 0 Å². The minimum Gasteiger partial charge on any atom is -0.340 e. The second-order valence-electron chi connectivity index (χ2n) is 6.92. The van der Waals surface area contributed by atoms with Gasteiger partial charge in [0.25, 0.3) is 0 Å². The van der Waals surface area contributed by atoms with Crippen LogP contribution in [0, 0.1) is 0 Å². The summed E-state index contributed by atoms with van der Waals surface area (Å²) in [6, 6.07) is -0.237. The van der Waals surface area contributed by atoms with E-state index in [1.54, 1.807) is 4.90 Å². The molecule has 0 radical (unpaired) electrons. The summed E-state index contributed by atoms with van der Waals surface area (Å²) in [4.78, 5) is 34.7. The number of nitrogens with zero attached hydrogens (tertiary/aromatic N) is 5. The number of likely N-dealkylation sites (tertiary alicyclic amines) is 1. The Morgan fingerprint density at radius 3 is 2.73 bits per heavy atom. The third kappa shape index (κ3) is 4.32. The standard InChI is InChI=1S/C17H28N6O3/c1-3-18-17(25)23-8-4-5-13(23)16-19-14(26-20-16)6-7-15(24)22-11-9-21(2)10-12-22/h13H,3-12H2,1-2H3,(H,18,25). The quantitative estimate of drug-likeness (QED) is 0.824. The topological polar surface area (TPSA) is 94.8 Å². The molecule has 2 saturated heterocycles. The summed E-state index contributed by atoms with van der Waals surface area (Å²) in [6.07, 6.45) is 2.56. The number of hydrogen-bond acceptors (Lipinski definition) is 6. The molecule has 0 bridgehead atoms. The number of hydrogen-bond donors (Lipinski definition) is 1. The molecule has 144 valence electrons. The molecule has 0 aromatic carbocycles. The van der Waals surface area contributed by atoms with E-state index in [4.69, 9.17) is 4.52 Å². The van der Waals surface area contributed by atoms with Crippen LogP contribution < -0.4 is 5.32 Å². The second kappa shape index (κ2) is 8.48. The van der Waals surface area contributed by atoms with Crippen LogP contribution in [0.25, 0.3) is 0 Å². The van der Waals surface area contributed by atoms with Crippen molar-refractivity contribution in [3.63, 3.8) is 0 Å². The Morgan fingerprint density at radius 1 is 1.23 bits per heavy atom. The lowest BCUT2D eigenvalue weighted by Crippen LogP contribution is -2.47. The van der Waals surface area contributed by atoms with E-state index in [1.807, 2.05) is 11.8 Å². The summed E-state index contributed by atoms with van der Waals surface area (Å²) in [7, 11) is 2.06. The second-order valence-corrected chi connectivity index (χ2v) is 6.92. The number of urea groups is 1. The van der Waals surface area contributed by atoms with Gasteiger partial charge in [0.1, 0.15) is 0 Å². The van der Waals surface area contributed by atoms with Crippen LogP contribution in [0.15, 0.2) is 4.52 Å². The molecule has 1 aromatic heterocycles. The maximum Gasteiger partial charge on any atom is 0.318 e. The minimum absolute atomic E-state index is 0.0911. The van der Waals surface area contributed by atoms with Gasteiger partial charge in [-0.05, 0) is 26.8 Å². The molecule has 1 N–H and O–H groups in total. The van der Waals surface area contributed by atoms with Gasteiger partial charge >= 0.3 is 6.03 Å². The van der Waals surface area contributed by atoms with Crippen molar-refractivity contribution in [1.82, 2.24) is 30.2 Å². The fourth-order valence-corrected chi connectivity index (χ4v) is 3.46. The van der Waals surface area contributed by atoms with Crippen molar-refractivity contribution in [2.45, 2.75) is 38.6 Å². The number of likely N-dealkylation sites (N-methyl/N-ethyl adjacent to an activating group) is 1. The van der Waals surface area contributed by atoms with Crippen LogP contribution in [0.3, 0.4) is 0 Å². The average Bonchev–Trinajstić information content (AvgIpc) is 3.29. The van der Waals surface area contributed by atoms with Gasteiger partial charge in [0.2, 0.25) is 11.8 Å². The molecule has 0 spiro atoms. The van der Waals surface area contributed by atoms with Gasteiger partial charge < -0.3 is 24.5 Å². The first kappa shape index (κ1) is 18.6. The third-order valence-electron chi connectivity index (χ3n) is 5.03. The largest absolute Gasteiger partial charge is 0.340 e. The highest BCUT2D eigenvalue weighted by Crippen LogP contribution is 2.30. The first-order chi connectivity index (χ1) is 12.6. The molecule has 0 saturated carbocycles. The van der Waals surface area contributed by atoms with E-state index < -0.39 is 0 Å². The third-order valence-corrected chi connectivity index (χ3v) is 5.03. The molecular formula is C17H28N6O3. The number of carbonyl (C=O) groups is 2. The molecule has 3 rings (SSSR count). The van der Waals surface area contributed by atoms with Crippen LogP contribution in [-0.2, 0) is 11.2 Å². The number of piperazine rings is 1. The first-order valence-electron chi connectivity index (χ1n) is 9.41. The highest BCUT2D eigenvalue weighted by molar-refractivity contribution is 5.76. The van der Waals surface area contributed by atoms with Crippen molar-refractivity contribution < 1.29 is 14.1 Å². The van der Waals surface area contributed by atoms with E-state index >= 15 is 0 Å². The van der Waals surface area contributed by atoms with E-state index in [2.05, 4.69) is 27.4 Å². The van der Waals surface area contributed by atoms with Gasteiger partial charge in [0, 0.05) is 52.1 Å². The van der Waals surface area contributed by atoms with E-state index in [0.717, 1.165) is 39.0 Å². The normalized spacial score (nSPS) is 21.2. The van der Waals surface area contributed by atoms with E-state index in [9.17, 15) is 9.59 Å². The Labute approximate surface area is 153 Å². The molecule has 1 aromatic rings. The molecule has 2 aliphatic rings. The van der Waals surface area contributed by atoms with Crippen LogP contribution in [0.1, 0.15) is 43.9 Å². The number of nitrogens with one attached hydrogen (secondary N) is 1. The van der Waals surface area contributed by atoms with Crippen LogP contribution in [-0.4, -0.2) is 83.1 Å². The Bertz CT molecular complexity index is 626. The maximum absolute atomic E-state index is 12.3. The predicted molar refractivity (Wildman–Crippen MR) is 94.4 cm³/mol. The molecule has 2 fully saturated rings. The zero-order chi connectivity index (χ0) is 18.5. The summed E-state index contributed by atoms with van der Waals surface area (Å²) >= 11 is 0. The zero-order valence-electron chi connectivity index (χ0n) is 15.6. The van der Waals surface area contributed by atoms with Gasteiger partial charge in [0.15, 0.2) is 5.82 Å². The Balaban J connectivity index is 1.53. The number of rotatable bonds is 5. The number of carbonyl (C=O) groups excluding carboxylic acids is 2. The van der Waals surface area contributed by atoms with E-state index in [0.29, 0.717) is 37.6 Å². The van der Waals surface area contributed by atoms with Crippen LogP contribution in [0.4, 0.5) is 4.79 Å². The van der Waals surface area contributed by atoms with Gasteiger partial charge in [-0.1, -0.05) is 5.16 Å². The van der Waals surface area contributed by atoms with Crippen LogP contribution >= 0.6 is 0 Å². The SMILES string of the molecule is CCNC(=O)N1CCCC1c1noc(CCC(=O)N2CCN(C)CC2)n1. The Hall–Kier alpha value is -2.16. The molecule has 9 nitrogen and oxygen atoms in total. The first-order valence-corrected chi connectivity index (χ1v) is 9.41. The number of amides is 3. The van der Waals surface area contributed by atoms with Crippen molar-refractivity contribution >= 4 is 11.9 Å². The maximum atomic E-state index is 12.3. The highest BCUT2D eigenvalue weighted by atomic mass is 16.5. The fourth-order valence-electron chi connectivity index (χ4n) is 3.46. The summed E-state index contributed by atoms with van der Waals surface area (Å²) < 4.78 is 5.32. The highest BCUT2D eigenvalue weighted by Gasteiger charge is 2.33. The molecule has 26 heavy (non-hydrogen) atoms. The summed E-state index contributed by atoms with van der Waals surface area (Å²) in [5.74, 6) is 1.13. The molecule has 2 aliphatic heterocycles. The fraction of sp³-hybridized carbons (Fsp3) is 0.765. The lowest BCUT2D eigenvalue weighted by molar-refractivity contribution is -0.132.